The van der Waals surface area contributed by atoms with Crippen LogP contribution in [0.25, 0.3) is 16.9 Å². The van der Waals surface area contributed by atoms with E-state index in [-0.39, 0.29) is 5.69 Å². The Kier molecular flexibility index (Phi) is 4.05. The molecule has 0 atom stereocenters. The van der Waals surface area contributed by atoms with Gasteiger partial charge in [-0.05, 0) is 31.4 Å². The number of carboxylic acid groups (broad SMARTS) is 1. The van der Waals surface area contributed by atoms with Crippen LogP contribution in [-0.2, 0) is 0 Å². The Hall–Kier alpha value is -2.60. The summed E-state index contributed by atoms with van der Waals surface area (Å²) >= 11 is 5.98. The Balaban J connectivity index is 1.89. The standard InChI is InChI=1S/C18H17ClN4O2/c19-13-6-4-12(5-7-13)14-11-17(22-8-2-1-3-9-22)23-16(20-14)10-15(21-23)18(24)25/h4-7,10-11H,1-3,8-9H2,(H,24,25). The fourth-order valence-electron chi connectivity index (χ4n) is 3.18. The van der Waals surface area contributed by atoms with E-state index >= 15 is 0 Å². The summed E-state index contributed by atoms with van der Waals surface area (Å²) in [7, 11) is 0. The number of aromatic carboxylic acids is 1. The van der Waals surface area contributed by atoms with Gasteiger partial charge in [0.25, 0.3) is 0 Å². The smallest absolute Gasteiger partial charge is 0.356 e. The second-order valence-corrected chi connectivity index (χ2v) is 6.60. The summed E-state index contributed by atoms with van der Waals surface area (Å²) in [4.78, 5) is 18.2. The molecule has 4 rings (SSSR count). The molecular weight excluding hydrogens is 340 g/mol. The third-order valence-corrected chi connectivity index (χ3v) is 4.70. The van der Waals surface area contributed by atoms with Crippen LogP contribution in [0, 0.1) is 0 Å². The number of rotatable bonds is 3. The molecule has 7 heteroatoms. The maximum absolute atomic E-state index is 11.3. The molecule has 128 valence electrons. The summed E-state index contributed by atoms with van der Waals surface area (Å²) in [6.07, 6.45) is 3.45. The average molecular weight is 357 g/mol. The van der Waals surface area contributed by atoms with E-state index in [1.807, 2.05) is 30.3 Å². The lowest BCUT2D eigenvalue weighted by molar-refractivity contribution is 0.0690. The number of carboxylic acids is 1. The van der Waals surface area contributed by atoms with Gasteiger partial charge in [0.15, 0.2) is 11.3 Å². The lowest BCUT2D eigenvalue weighted by atomic mass is 10.1. The lowest BCUT2D eigenvalue weighted by Crippen LogP contribution is -2.31. The largest absolute Gasteiger partial charge is 0.476 e. The number of nitrogens with zero attached hydrogens (tertiary/aromatic N) is 4. The minimum atomic E-state index is -1.05. The van der Waals surface area contributed by atoms with Gasteiger partial charge in [-0.15, -0.1) is 0 Å². The van der Waals surface area contributed by atoms with Crippen LogP contribution >= 0.6 is 11.6 Å². The molecule has 6 nitrogen and oxygen atoms in total. The molecule has 0 bridgehead atoms. The second kappa shape index (κ2) is 6.37. The number of anilines is 1. The number of aromatic nitrogens is 3. The molecule has 3 heterocycles. The van der Waals surface area contributed by atoms with E-state index < -0.39 is 5.97 Å². The molecule has 0 spiro atoms. The first kappa shape index (κ1) is 15.9. The number of hydrogen-bond acceptors (Lipinski definition) is 4. The van der Waals surface area contributed by atoms with E-state index in [0.29, 0.717) is 10.7 Å². The highest BCUT2D eigenvalue weighted by Crippen LogP contribution is 2.27. The zero-order valence-electron chi connectivity index (χ0n) is 13.5. The van der Waals surface area contributed by atoms with Crippen molar-refractivity contribution in [3.8, 4) is 11.3 Å². The van der Waals surface area contributed by atoms with Crippen LogP contribution in [0.15, 0.2) is 36.4 Å². The van der Waals surface area contributed by atoms with Crippen LogP contribution in [0.5, 0.6) is 0 Å². The SMILES string of the molecule is O=C(O)c1cc2nc(-c3ccc(Cl)cc3)cc(N3CCCCC3)n2n1. The maximum Gasteiger partial charge on any atom is 0.356 e. The van der Waals surface area contributed by atoms with Gasteiger partial charge in [0.05, 0.1) is 5.69 Å². The van der Waals surface area contributed by atoms with E-state index in [1.54, 1.807) is 4.52 Å². The number of benzene rings is 1. The van der Waals surface area contributed by atoms with Gasteiger partial charge >= 0.3 is 5.97 Å². The number of piperidine rings is 1. The van der Waals surface area contributed by atoms with E-state index in [9.17, 15) is 9.90 Å². The third-order valence-electron chi connectivity index (χ3n) is 4.45. The van der Waals surface area contributed by atoms with Crippen molar-refractivity contribution in [3.63, 3.8) is 0 Å². The Morgan fingerprint density at radius 1 is 1.08 bits per heavy atom. The molecule has 1 fully saturated rings. The molecular formula is C18H17ClN4O2. The van der Waals surface area contributed by atoms with Crippen molar-refractivity contribution in [2.24, 2.45) is 0 Å². The zero-order valence-corrected chi connectivity index (χ0v) is 14.3. The molecule has 1 aliphatic rings. The van der Waals surface area contributed by atoms with Crippen LogP contribution in [0.4, 0.5) is 5.82 Å². The first-order valence-electron chi connectivity index (χ1n) is 8.27. The molecule has 1 aromatic carbocycles. The molecule has 0 saturated carbocycles. The summed E-state index contributed by atoms with van der Waals surface area (Å²) in [5.41, 5.74) is 2.24. The lowest BCUT2D eigenvalue weighted by Gasteiger charge is -2.29. The summed E-state index contributed by atoms with van der Waals surface area (Å²) < 4.78 is 1.63. The Morgan fingerprint density at radius 2 is 1.80 bits per heavy atom. The maximum atomic E-state index is 11.3. The second-order valence-electron chi connectivity index (χ2n) is 6.16. The summed E-state index contributed by atoms with van der Waals surface area (Å²) in [5.74, 6) is -0.176. The molecule has 25 heavy (non-hydrogen) atoms. The highest BCUT2D eigenvalue weighted by molar-refractivity contribution is 6.30. The van der Waals surface area contributed by atoms with Crippen LogP contribution in [0.3, 0.4) is 0 Å². The predicted molar refractivity (Wildman–Crippen MR) is 96.5 cm³/mol. The van der Waals surface area contributed by atoms with Gasteiger partial charge in [-0.2, -0.15) is 9.61 Å². The molecule has 0 aliphatic carbocycles. The minimum absolute atomic E-state index is 0.000912. The number of hydrogen-bond donors (Lipinski definition) is 1. The molecule has 0 radical (unpaired) electrons. The first-order chi connectivity index (χ1) is 12.1. The van der Waals surface area contributed by atoms with E-state index in [4.69, 9.17) is 11.6 Å². The fraction of sp³-hybridized carbons (Fsp3) is 0.278. The van der Waals surface area contributed by atoms with Crippen molar-refractivity contribution in [3.05, 3.63) is 47.1 Å². The van der Waals surface area contributed by atoms with Gasteiger partial charge in [0, 0.05) is 35.8 Å². The van der Waals surface area contributed by atoms with Crippen LogP contribution in [-0.4, -0.2) is 38.8 Å². The van der Waals surface area contributed by atoms with Gasteiger partial charge in [-0.25, -0.2) is 9.78 Å². The van der Waals surface area contributed by atoms with Crippen LogP contribution < -0.4 is 4.90 Å². The number of carbonyl (C=O) groups is 1. The summed E-state index contributed by atoms with van der Waals surface area (Å²) in [6, 6.07) is 10.9. The van der Waals surface area contributed by atoms with Gasteiger partial charge in [-0.1, -0.05) is 23.7 Å². The molecule has 1 saturated heterocycles. The van der Waals surface area contributed by atoms with Gasteiger partial charge in [0.2, 0.25) is 0 Å². The van der Waals surface area contributed by atoms with E-state index in [2.05, 4.69) is 15.0 Å². The third kappa shape index (κ3) is 3.05. The molecule has 0 unspecified atom stereocenters. The van der Waals surface area contributed by atoms with Crippen molar-refractivity contribution in [2.45, 2.75) is 19.3 Å². The van der Waals surface area contributed by atoms with Gasteiger partial charge in [-0.3, -0.25) is 0 Å². The molecule has 1 N–H and O–H groups in total. The van der Waals surface area contributed by atoms with Crippen molar-refractivity contribution in [2.75, 3.05) is 18.0 Å². The predicted octanol–water partition coefficient (Wildman–Crippen LogP) is 3.74. The number of fused-ring (bicyclic) bond motifs is 1. The fourth-order valence-corrected chi connectivity index (χ4v) is 3.31. The monoisotopic (exact) mass is 356 g/mol. The van der Waals surface area contributed by atoms with Crippen LogP contribution in [0.2, 0.25) is 5.02 Å². The van der Waals surface area contributed by atoms with Crippen LogP contribution in [0.1, 0.15) is 29.8 Å². The molecule has 0 amide bonds. The quantitative estimate of drug-likeness (QED) is 0.774. The highest BCUT2D eigenvalue weighted by atomic mass is 35.5. The van der Waals surface area contributed by atoms with Crippen molar-refractivity contribution in [1.82, 2.24) is 14.6 Å². The van der Waals surface area contributed by atoms with Crippen molar-refractivity contribution in [1.29, 1.82) is 0 Å². The summed E-state index contributed by atoms with van der Waals surface area (Å²) in [5, 5.41) is 14.2. The van der Waals surface area contributed by atoms with Gasteiger partial charge < -0.3 is 10.0 Å². The van der Waals surface area contributed by atoms with Gasteiger partial charge in [0.1, 0.15) is 5.82 Å². The summed E-state index contributed by atoms with van der Waals surface area (Å²) in [6.45, 7) is 1.86. The Labute approximate surface area is 149 Å². The first-order valence-corrected chi connectivity index (χ1v) is 8.64. The average Bonchev–Trinajstić information content (AvgIpc) is 3.07. The van der Waals surface area contributed by atoms with Crippen molar-refractivity contribution >= 4 is 29.0 Å². The minimum Gasteiger partial charge on any atom is -0.476 e. The van der Waals surface area contributed by atoms with E-state index in [0.717, 1.165) is 43.0 Å². The topological polar surface area (TPSA) is 70.7 Å². The molecule has 2 aromatic heterocycles. The number of halogens is 1. The normalized spacial score (nSPS) is 14.8. The zero-order chi connectivity index (χ0) is 17.4. The van der Waals surface area contributed by atoms with Crippen molar-refractivity contribution < 1.29 is 9.90 Å². The van der Waals surface area contributed by atoms with E-state index in [1.165, 1.54) is 12.5 Å². The molecule has 1 aliphatic heterocycles. The Morgan fingerprint density at radius 3 is 2.48 bits per heavy atom. The Bertz CT molecular complexity index is 930. The molecule has 3 aromatic rings. The highest BCUT2D eigenvalue weighted by Gasteiger charge is 2.19.